The minimum atomic E-state index is -0.629. The summed E-state index contributed by atoms with van der Waals surface area (Å²) < 4.78 is 0. The molecule has 0 spiro atoms. The first-order valence-corrected chi connectivity index (χ1v) is 5.87. The molecule has 3 N–H and O–H groups in total. The van der Waals surface area contributed by atoms with Crippen LogP contribution in [0.3, 0.4) is 0 Å². The Morgan fingerprint density at radius 2 is 2.14 bits per heavy atom. The molecule has 14 heavy (non-hydrogen) atoms. The lowest BCUT2D eigenvalue weighted by molar-refractivity contribution is -0.0824. The average Bonchev–Trinajstić information content (AvgIpc) is 2.16. The van der Waals surface area contributed by atoms with Crippen LogP contribution in [-0.4, -0.2) is 17.3 Å². The molecule has 0 aliphatic heterocycles. The summed E-state index contributed by atoms with van der Waals surface area (Å²) in [5, 5.41) is 10.2. The summed E-state index contributed by atoms with van der Waals surface area (Å²) in [6, 6.07) is 0. The van der Waals surface area contributed by atoms with Crippen LogP contribution in [0.4, 0.5) is 0 Å². The smallest absolute Gasteiger partial charge is 0.0659 e. The predicted octanol–water partition coefficient (Wildman–Crippen LogP) is 2.30. The van der Waals surface area contributed by atoms with Crippen LogP contribution < -0.4 is 5.73 Å². The fraction of sp³-hybridized carbons (Fsp3) is 1.00. The Morgan fingerprint density at radius 1 is 1.50 bits per heavy atom. The van der Waals surface area contributed by atoms with E-state index in [-0.39, 0.29) is 5.41 Å². The maximum Gasteiger partial charge on any atom is 0.0659 e. The van der Waals surface area contributed by atoms with E-state index < -0.39 is 5.60 Å². The Hall–Kier alpha value is -0.0800. The van der Waals surface area contributed by atoms with Gasteiger partial charge in [-0.2, -0.15) is 0 Å². The van der Waals surface area contributed by atoms with E-state index in [4.69, 9.17) is 5.73 Å². The fourth-order valence-electron chi connectivity index (χ4n) is 2.83. The highest BCUT2D eigenvalue weighted by atomic mass is 16.3. The van der Waals surface area contributed by atoms with Gasteiger partial charge < -0.3 is 10.8 Å². The van der Waals surface area contributed by atoms with E-state index in [0.29, 0.717) is 6.54 Å². The molecule has 0 saturated heterocycles. The third-order valence-electron chi connectivity index (χ3n) is 4.21. The second-order valence-corrected chi connectivity index (χ2v) is 5.41. The highest BCUT2D eigenvalue weighted by Crippen LogP contribution is 2.46. The number of hydrogen-bond acceptors (Lipinski definition) is 2. The molecule has 1 rings (SSSR count). The van der Waals surface area contributed by atoms with E-state index in [1.165, 1.54) is 19.3 Å². The quantitative estimate of drug-likeness (QED) is 0.732. The van der Waals surface area contributed by atoms with Crippen LogP contribution in [0.15, 0.2) is 0 Å². The lowest BCUT2D eigenvalue weighted by Gasteiger charge is -2.48. The van der Waals surface area contributed by atoms with Crippen LogP contribution in [0.1, 0.15) is 52.9 Å². The van der Waals surface area contributed by atoms with Crippen molar-refractivity contribution in [1.29, 1.82) is 0 Å². The van der Waals surface area contributed by atoms with E-state index in [1.54, 1.807) is 0 Å². The molecule has 2 nitrogen and oxygen atoms in total. The van der Waals surface area contributed by atoms with Crippen LogP contribution >= 0.6 is 0 Å². The summed E-state index contributed by atoms with van der Waals surface area (Å²) in [4.78, 5) is 0. The van der Waals surface area contributed by atoms with Gasteiger partial charge in [-0.3, -0.25) is 0 Å². The van der Waals surface area contributed by atoms with Crippen molar-refractivity contribution >= 4 is 0 Å². The van der Waals surface area contributed by atoms with Crippen LogP contribution in [-0.2, 0) is 0 Å². The molecule has 84 valence electrons. The molecule has 2 unspecified atom stereocenters. The van der Waals surface area contributed by atoms with Crippen molar-refractivity contribution in [3.8, 4) is 0 Å². The maximum absolute atomic E-state index is 10.2. The average molecular weight is 199 g/mol. The van der Waals surface area contributed by atoms with Crippen LogP contribution in [0, 0.1) is 11.3 Å². The summed E-state index contributed by atoms with van der Waals surface area (Å²) in [5.74, 6) is 0.763. The van der Waals surface area contributed by atoms with Crippen LogP contribution in [0.5, 0.6) is 0 Å². The van der Waals surface area contributed by atoms with Gasteiger partial charge in [0.2, 0.25) is 0 Å². The number of aliphatic hydroxyl groups is 1. The molecule has 1 aliphatic rings. The van der Waals surface area contributed by atoms with Gasteiger partial charge in [-0.1, -0.05) is 26.2 Å². The first-order chi connectivity index (χ1) is 6.45. The molecule has 0 aromatic rings. The first-order valence-electron chi connectivity index (χ1n) is 5.87. The van der Waals surface area contributed by atoms with Crippen molar-refractivity contribution in [3.63, 3.8) is 0 Å². The number of hydrogen-bond donors (Lipinski definition) is 2. The normalized spacial score (nSPS) is 34.5. The minimum Gasteiger partial charge on any atom is -0.390 e. The Bertz CT molecular complexity index is 185. The minimum absolute atomic E-state index is 0.0358. The van der Waals surface area contributed by atoms with Crippen molar-refractivity contribution in [2.24, 2.45) is 17.1 Å². The lowest BCUT2D eigenvalue weighted by Crippen LogP contribution is -2.51. The third kappa shape index (κ3) is 2.12. The topological polar surface area (TPSA) is 46.2 Å². The molecule has 1 fully saturated rings. The zero-order valence-corrected chi connectivity index (χ0v) is 9.84. The van der Waals surface area contributed by atoms with Gasteiger partial charge in [0.1, 0.15) is 0 Å². The summed E-state index contributed by atoms with van der Waals surface area (Å²) in [7, 11) is 0. The Balaban J connectivity index is 2.78. The van der Waals surface area contributed by atoms with Crippen molar-refractivity contribution in [2.45, 2.75) is 58.5 Å². The van der Waals surface area contributed by atoms with Crippen molar-refractivity contribution in [1.82, 2.24) is 0 Å². The molecule has 0 amide bonds. The molecular weight excluding hydrogens is 174 g/mol. The SMILES string of the molecule is CCC1CCCC(CN)(C(C)(C)O)C1. The fourth-order valence-corrected chi connectivity index (χ4v) is 2.83. The molecule has 0 aromatic carbocycles. The molecule has 0 heterocycles. The standard InChI is InChI=1S/C12H25NO/c1-4-10-6-5-7-12(8-10,9-13)11(2,3)14/h10,14H,4-9,13H2,1-3H3. The van der Waals surface area contributed by atoms with Gasteiger partial charge >= 0.3 is 0 Å². The summed E-state index contributed by atoms with van der Waals surface area (Å²) in [6.07, 6.45) is 5.94. The van der Waals surface area contributed by atoms with Gasteiger partial charge in [0.15, 0.2) is 0 Å². The predicted molar refractivity (Wildman–Crippen MR) is 60.0 cm³/mol. The van der Waals surface area contributed by atoms with Gasteiger partial charge in [0.05, 0.1) is 5.60 Å². The molecule has 0 radical (unpaired) electrons. The number of nitrogens with two attached hydrogens (primary N) is 1. The molecule has 2 atom stereocenters. The van der Waals surface area contributed by atoms with Gasteiger partial charge in [-0.15, -0.1) is 0 Å². The zero-order valence-electron chi connectivity index (χ0n) is 9.84. The van der Waals surface area contributed by atoms with Gasteiger partial charge in [-0.25, -0.2) is 0 Å². The van der Waals surface area contributed by atoms with Gasteiger partial charge in [0, 0.05) is 12.0 Å². The van der Waals surface area contributed by atoms with Gasteiger partial charge in [0.25, 0.3) is 0 Å². The third-order valence-corrected chi connectivity index (χ3v) is 4.21. The Labute approximate surface area is 87.9 Å². The molecule has 1 aliphatic carbocycles. The molecule has 2 heteroatoms. The monoisotopic (exact) mass is 199 g/mol. The summed E-state index contributed by atoms with van der Waals surface area (Å²) in [5.41, 5.74) is 5.22. The van der Waals surface area contributed by atoms with Gasteiger partial charge in [-0.05, 0) is 32.6 Å². The van der Waals surface area contributed by atoms with Crippen molar-refractivity contribution < 1.29 is 5.11 Å². The highest BCUT2D eigenvalue weighted by Gasteiger charge is 2.45. The van der Waals surface area contributed by atoms with E-state index in [2.05, 4.69) is 6.92 Å². The summed E-state index contributed by atoms with van der Waals surface area (Å²) in [6.45, 7) is 6.68. The Morgan fingerprint density at radius 3 is 2.57 bits per heavy atom. The highest BCUT2D eigenvalue weighted by molar-refractivity contribution is 4.97. The lowest BCUT2D eigenvalue weighted by atomic mass is 9.61. The largest absolute Gasteiger partial charge is 0.390 e. The van der Waals surface area contributed by atoms with Crippen LogP contribution in [0.2, 0.25) is 0 Å². The number of rotatable bonds is 3. The van der Waals surface area contributed by atoms with Crippen molar-refractivity contribution in [3.05, 3.63) is 0 Å². The second-order valence-electron chi connectivity index (χ2n) is 5.41. The first kappa shape index (κ1) is 12.0. The maximum atomic E-state index is 10.2. The summed E-state index contributed by atoms with van der Waals surface area (Å²) >= 11 is 0. The Kier molecular flexibility index (Phi) is 3.59. The van der Waals surface area contributed by atoms with Crippen molar-refractivity contribution in [2.75, 3.05) is 6.54 Å². The molecule has 0 aromatic heterocycles. The zero-order chi connectivity index (χ0) is 10.8. The van der Waals surface area contributed by atoms with E-state index in [0.717, 1.165) is 18.8 Å². The van der Waals surface area contributed by atoms with E-state index >= 15 is 0 Å². The molecule has 0 bridgehead atoms. The van der Waals surface area contributed by atoms with Crippen LogP contribution in [0.25, 0.3) is 0 Å². The van der Waals surface area contributed by atoms with E-state index in [1.807, 2.05) is 13.8 Å². The second kappa shape index (κ2) is 4.19. The molecule has 1 saturated carbocycles. The molecular formula is C12H25NO. The van der Waals surface area contributed by atoms with E-state index in [9.17, 15) is 5.11 Å².